The lowest BCUT2D eigenvalue weighted by atomic mass is 10.0. The number of likely N-dealkylation sites (N-methyl/N-ethyl adjacent to an activating group) is 1. The van der Waals surface area contributed by atoms with E-state index in [1.165, 1.54) is 36.8 Å². The Morgan fingerprint density at radius 2 is 1.67 bits per heavy atom. The number of H-pyrrole nitrogens is 1. The van der Waals surface area contributed by atoms with Gasteiger partial charge < -0.3 is 19.6 Å². The van der Waals surface area contributed by atoms with Crippen LogP contribution in [0.2, 0.25) is 0 Å². The zero-order valence-corrected chi connectivity index (χ0v) is 23.4. The second-order valence-electron chi connectivity index (χ2n) is 10.2. The monoisotopic (exact) mass is 611 g/mol. The number of amides is 1. The third-order valence-electron chi connectivity index (χ3n) is 6.45. The second kappa shape index (κ2) is 12.5. The number of carbonyl (C=O) groups excluding carboxylic acids is 1. The van der Waals surface area contributed by atoms with Gasteiger partial charge in [0.05, 0.1) is 23.4 Å². The number of hydrogen-bond donors (Lipinski definition) is 1. The molecule has 0 radical (unpaired) electrons. The summed E-state index contributed by atoms with van der Waals surface area (Å²) in [6.07, 6.45) is -4.46. The molecule has 14 heteroatoms. The van der Waals surface area contributed by atoms with E-state index in [1.807, 2.05) is 19.0 Å². The van der Waals surface area contributed by atoms with Crippen LogP contribution >= 0.6 is 0 Å². The number of allylic oxidation sites excluding steroid dienone is 1. The Labute approximate surface area is 242 Å². The van der Waals surface area contributed by atoms with Crippen molar-refractivity contribution in [1.82, 2.24) is 19.7 Å². The molecule has 0 unspecified atom stereocenters. The first-order valence-electron chi connectivity index (χ1n) is 13.0. The number of hydrogen-bond acceptors (Lipinski definition) is 5. The molecule has 1 aliphatic rings. The summed E-state index contributed by atoms with van der Waals surface area (Å²) in [4.78, 5) is 26.4. The number of aromatic amines is 1. The molecular weight excluding hydrogens is 583 g/mol. The van der Waals surface area contributed by atoms with E-state index in [0.29, 0.717) is 47.5 Å². The van der Waals surface area contributed by atoms with Gasteiger partial charge in [-0.1, -0.05) is 5.16 Å². The zero-order chi connectivity index (χ0) is 31.5. The molecule has 0 aliphatic carbocycles. The zero-order valence-electron chi connectivity index (χ0n) is 23.4. The smallest absolute Gasteiger partial charge is 0.394 e. The fraction of sp³-hybridized carbons (Fsp3) is 0.310. The van der Waals surface area contributed by atoms with Gasteiger partial charge in [0.25, 0.3) is 5.91 Å². The maximum Gasteiger partial charge on any atom is 0.416 e. The van der Waals surface area contributed by atoms with Crippen molar-refractivity contribution < 1.29 is 40.4 Å². The van der Waals surface area contributed by atoms with Crippen molar-refractivity contribution >= 4 is 22.5 Å². The van der Waals surface area contributed by atoms with Gasteiger partial charge in [-0.2, -0.15) is 26.3 Å². The topological polar surface area (TPSA) is 64.2 Å². The maximum absolute atomic E-state index is 14.0. The number of carbonyl (C=O) groups is 1. The highest BCUT2D eigenvalue weighted by molar-refractivity contribution is 5.97. The fourth-order valence-electron chi connectivity index (χ4n) is 4.35. The first-order valence-corrected chi connectivity index (χ1v) is 13.0. The minimum absolute atomic E-state index is 0.0172. The molecule has 1 amide bonds. The van der Waals surface area contributed by atoms with Crippen molar-refractivity contribution in [1.29, 1.82) is 0 Å². The van der Waals surface area contributed by atoms with E-state index < -0.39 is 40.8 Å². The van der Waals surface area contributed by atoms with Gasteiger partial charge in [-0.15, -0.1) is 0 Å². The number of nitrogens with one attached hydrogen (secondary N) is 1. The van der Waals surface area contributed by atoms with Gasteiger partial charge in [-0.25, -0.2) is 4.39 Å². The standard InChI is InChI=1S/C29H28F7N5O2/c1-18(38-43-9-8-39(2)3)16-40-6-7-41(24(17-40)12-20-15-37-26-5-4-23(30)14-25(20)26)27(42)19-10-21(28(31,32)33)13-22(11-19)29(34,35)36/h4-7,10-11,13-15,17,37H,8-9,12,16H2,1-3H3. The molecule has 0 saturated heterocycles. The number of alkyl halides is 6. The Balaban J connectivity index is 1.69. The molecule has 7 nitrogen and oxygen atoms in total. The molecule has 0 bridgehead atoms. The van der Waals surface area contributed by atoms with Crippen molar-refractivity contribution in [2.45, 2.75) is 25.7 Å². The molecule has 230 valence electrons. The molecular formula is C29H28F7N5O2. The minimum Gasteiger partial charge on any atom is -0.394 e. The number of fused-ring (bicyclic) bond motifs is 1. The Bertz CT molecular complexity index is 1540. The summed E-state index contributed by atoms with van der Waals surface area (Å²) in [5, 5.41) is 4.55. The van der Waals surface area contributed by atoms with Crippen molar-refractivity contribution in [3.8, 4) is 0 Å². The van der Waals surface area contributed by atoms with Crippen LogP contribution in [0.5, 0.6) is 0 Å². The van der Waals surface area contributed by atoms with E-state index in [2.05, 4.69) is 10.1 Å². The summed E-state index contributed by atoms with van der Waals surface area (Å²) in [5.74, 6) is -1.62. The van der Waals surface area contributed by atoms with Crippen LogP contribution in [0.15, 0.2) is 72.0 Å². The van der Waals surface area contributed by atoms with Crippen LogP contribution in [0, 0.1) is 5.82 Å². The number of rotatable bonds is 9. The highest BCUT2D eigenvalue weighted by atomic mass is 19.4. The van der Waals surface area contributed by atoms with Crippen LogP contribution < -0.4 is 0 Å². The molecule has 43 heavy (non-hydrogen) atoms. The molecule has 3 aromatic rings. The molecule has 4 rings (SSSR count). The summed E-state index contributed by atoms with van der Waals surface area (Å²) in [6.45, 7) is 2.89. The van der Waals surface area contributed by atoms with Crippen molar-refractivity contribution in [3.05, 3.63) is 95.0 Å². The van der Waals surface area contributed by atoms with Crippen molar-refractivity contribution in [3.63, 3.8) is 0 Å². The quantitative estimate of drug-likeness (QED) is 0.128. The van der Waals surface area contributed by atoms with Crippen LogP contribution in [-0.4, -0.2) is 65.1 Å². The summed E-state index contributed by atoms with van der Waals surface area (Å²) in [6, 6.07) is 4.81. The third-order valence-corrected chi connectivity index (χ3v) is 6.45. The van der Waals surface area contributed by atoms with Gasteiger partial charge >= 0.3 is 12.4 Å². The van der Waals surface area contributed by atoms with Gasteiger partial charge in [0.15, 0.2) is 0 Å². The third kappa shape index (κ3) is 7.95. The van der Waals surface area contributed by atoms with E-state index in [4.69, 9.17) is 4.84 Å². The largest absolute Gasteiger partial charge is 0.416 e. The first kappa shape index (κ1) is 31.6. The lowest BCUT2D eigenvalue weighted by Crippen LogP contribution is -2.33. The Morgan fingerprint density at radius 1 is 1.00 bits per heavy atom. The highest BCUT2D eigenvalue weighted by Gasteiger charge is 2.38. The van der Waals surface area contributed by atoms with Crippen LogP contribution in [-0.2, 0) is 23.6 Å². The van der Waals surface area contributed by atoms with E-state index in [-0.39, 0.29) is 24.7 Å². The molecule has 2 heterocycles. The van der Waals surface area contributed by atoms with Gasteiger partial charge in [-0.05, 0) is 63.0 Å². The number of halogens is 7. The maximum atomic E-state index is 14.0. The number of oxime groups is 1. The molecule has 0 saturated carbocycles. The average Bonchev–Trinajstić information content (AvgIpc) is 3.31. The summed E-state index contributed by atoms with van der Waals surface area (Å²) in [5.41, 5.74) is -2.09. The number of nitrogens with zero attached hydrogens (tertiary/aromatic N) is 4. The van der Waals surface area contributed by atoms with Gasteiger partial charge in [0.2, 0.25) is 0 Å². The SMILES string of the molecule is CC(CN1C=CN(C(=O)c2cc(C(F)(F)F)cc(C(F)(F)F)c2)C(Cc2c[nH]c3ccc(F)cc23)=C1)=NOCCN(C)C. The van der Waals surface area contributed by atoms with E-state index in [9.17, 15) is 35.5 Å². The van der Waals surface area contributed by atoms with E-state index in [1.54, 1.807) is 18.0 Å². The number of benzene rings is 2. The summed E-state index contributed by atoms with van der Waals surface area (Å²) >= 11 is 0. The highest BCUT2D eigenvalue weighted by Crippen LogP contribution is 2.37. The first-order chi connectivity index (χ1) is 20.1. The summed E-state index contributed by atoms with van der Waals surface area (Å²) in [7, 11) is 3.76. The molecule has 1 N–H and O–H groups in total. The Kier molecular flexibility index (Phi) is 9.18. The summed E-state index contributed by atoms with van der Waals surface area (Å²) < 4.78 is 95.0. The van der Waals surface area contributed by atoms with E-state index >= 15 is 0 Å². The Hall–Kier alpha value is -4.33. The van der Waals surface area contributed by atoms with Crippen molar-refractivity contribution in [2.24, 2.45) is 5.16 Å². The van der Waals surface area contributed by atoms with Crippen LogP contribution in [0.3, 0.4) is 0 Å². The van der Waals surface area contributed by atoms with E-state index in [0.717, 1.165) is 4.90 Å². The average molecular weight is 612 g/mol. The van der Waals surface area contributed by atoms with Crippen molar-refractivity contribution in [2.75, 3.05) is 33.8 Å². The van der Waals surface area contributed by atoms with Gasteiger partial charge in [0, 0.05) is 59.9 Å². The van der Waals surface area contributed by atoms with Gasteiger partial charge in [-0.3, -0.25) is 9.69 Å². The van der Waals surface area contributed by atoms with Gasteiger partial charge in [0.1, 0.15) is 12.4 Å². The fourth-order valence-corrected chi connectivity index (χ4v) is 4.35. The number of aromatic nitrogens is 1. The molecule has 0 atom stereocenters. The van der Waals surface area contributed by atoms with Crippen LogP contribution in [0.4, 0.5) is 30.7 Å². The predicted molar refractivity (Wildman–Crippen MR) is 146 cm³/mol. The predicted octanol–water partition coefficient (Wildman–Crippen LogP) is 6.61. The lowest BCUT2D eigenvalue weighted by Gasteiger charge is -2.30. The molecule has 0 fully saturated rings. The lowest BCUT2D eigenvalue weighted by molar-refractivity contribution is -0.143. The molecule has 1 aliphatic heterocycles. The van der Waals surface area contributed by atoms with Crippen LogP contribution in [0.1, 0.15) is 34.0 Å². The Morgan fingerprint density at radius 3 is 2.30 bits per heavy atom. The molecule has 2 aromatic carbocycles. The minimum atomic E-state index is -5.12. The normalized spacial score (nSPS) is 14.6. The second-order valence-corrected chi connectivity index (χ2v) is 10.2. The molecule has 1 aromatic heterocycles. The van der Waals surface area contributed by atoms with Crippen LogP contribution in [0.25, 0.3) is 10.9 Å². The molecule has 0 spiro atoms.